The highest BCUT2D eigenvalue weighted by molar-refractivity contribution is 7.26. The number of aryl methyl sites for hydroxylation is 2. The molecule has 7 heteroatoms. The molecule has 1 amide bonds. The number of amides is 1. The van der Waals surface area contributed by atoms with E-state index in [0.717, 1.165) is 32.3 Å². The number of thiophene rings is 2. The molecular formula is C21H21N3O2S2. The van der Waals surface area contributed by atoms with Gasteiger partial charge in [0.25, 0.3) is 5.56 Å². The smallest absolute Gasteiger partial charge is 0.276 e. The molecule has 0 radical (unpaired) electrons. The Kier molecular flexibility index (Phi) is 5.54. The van der Waals surface area contributed by atoms with Gasteiger partial charge in [-0.3, -0.25) is 9.59 Å². The maximum Gasteiger partial charge on any atom is 0.276 e. The fourth-order valence-corrected chi connectivity index (χ4v) is 5.17. The van der Waals surface area contributed by atoms with Gasteiger partial charge in [0.15, 0.2) is 0 Å². The van der Waals surface area contributed by atoms with E-state index in [1.807, 2.05) is 42.6 Å². The van der Waals surface area contributed by atoms with Crippen molar-refractivity contribution in [2.45, 2.75) is 32.7 Å². The van der Waals surface area contributed by atoms with Crippen LogP contribution in [0.2, 0.25) is 0 Å². The fourth-order valence-electron chi connectivity index (χ4n) is 3.32. The summed E-state index contributed by atoms with van der Waals surface area (Å²) in [7, 11) is 0. The Labute approximate surface area is 170 Å². The van der Waals surface area contributed by atoms with Crippen molar-refractivity contribution in [3.63, 3.8) is 0 Å². The van der Waals surface area contributed by atoms with Crippen LogP contribution in [0, 0.1) is 6.92 Å². The van der Waals surface area contributed by atoms with Gasteiger partial charge in [-0.2, -0.15) is 5.10 Å². The Bertz CT molecular complexity index is 1180. The van der Waals surface area contributed by atoms with Gasteiger partial charge in [0.1, 0.15) is 0 Å². The van der Waals surface area contributed by atoms with Crippen LogP contribution >= 0.6 is 22.7 Å². The molecule has 28 heavy (non-hydrogen) atoms. The third kappa shape index (κ3) is 3.86. The Hall–Kier alpha value is -2.51. The molecule has 0 aliphatic heterocycles. The zero-order valence-electron chi connectivity index (χ0n) is 15.6. The summed E-state index contributed by atoms with van der Waals surface area (Å²) in [6.07, 6.45) is 1.83. The Morgan fingerprint density at radius 1 is 1.21 bits per heavy atom. The second-order valence-corrected chi connectivity index (χ2v) is 8.78. The van der Waals surface area contributed by atoms with E-state index in [-0.39, 0.29) is 11.5 Å². The van der Waals surface area contributed by atoms with Crippen LogP contribution in [0.3, 0.4) is 0 Å². The van der Waals surface area contributed by atoms with E-state index in [0.29, 0.717) is 25.9 Å². The summed E-state index contributed by atoms with van der Waals surface area (Å²) < 4.78 is 3.56. The lowest BCUT2D eigenvalue weighted by atomic mass is 10.2. The summed E-state index contributed by atoms with van der Waals surface area (Å²) in [6.45, 7) is 3.02. The lowest BCUT2D eigenvalue weighted by Crippen LogP contribution is -2.27. The summed E-state index contributed by atoms with van der Waals surface area (Å²) in [5, 5.41) is 11.2. The van der Waals surface area contributed by atoms with E-state index < -0.39 is 0 Å². The second-order valence-electron chi connectivity index (χ2n) is 6.70. The number of hydrogen-bond acceptors (Lipinski definition) is 5. The van der Waals surface area contributed by atoms with E-state index in [9.17, 15) is 9.59 Å². The van der Waals surface area contributed by atoms with Gasteiger partial charge in [-0.25, -0.2) is 4.68 Å². The first-order chi connectivity index (χ1) is 13.6. The Balaban J connectivity index is 1.41. The van der Waals surface area contributed by atoms with Gasteiger partial charge in [-0.1, -0.05) is 24.3 Å². The van der Waals surface area contributed by atoms with Gasteiger partial charge in [-0.15, -0.1) is 22.7 Å². The lowest BCUT2D eigenvalue weighted by molar-refractivity contribution is -0.121. The topological polar surface area (TPSA) is 64.0 Å². The molecule has 3 heterocycles. The molecule has 1 aromatic carbocycles. The van der Waals surface area contributed by atoms with E-state index in [1.54, 1.807) is 22.7 Å². The van der Waals surface area contributed by atoms with Crippen molar-refractivity contribution in [1.29, 1.82) is 0 Å². The molecular weight excluding hydrogens is 390 g/mol. The van der Waals surface area contributed by atoms with Gasteiger partial charge in [0.05, 0.1) is 15.8 Å². The molecule has 0 bridgehead atoms. The summed E-state index contributed by atoms with van der Waals surface area (Å²) in [5.74, 6) is 0.0170. The minimum absolute atomic E-state index is 0.0170. The van der Waals surface area contributed by atoms with E-state index in [4.69, 9.17) is 0 Å². The number of nitrogens with zero attached hydrogens (tertiary/aromatic N) is 2. The molecule has 0 fully saturated rings. The predicted molar refractivity (Wildman–Crippen MR) is 116 cm³/mol. The van der Waals surface area contributed by atoms with Crippen molar-refractivity contribution in [2.24, 2.45) is 0 Å². The average Bonchev–Trinajstić information content (AvgIpc) is 3.33. The van der Waals surface area contributed by atoms with Crippen LogP contribution in [-0.2, 0) is 17.8 Å². The number of hydrogen-bond donors (Lipinski definition) is 1. The predicted octanol–water partition coefficient (Wildman–Crippen LogP) is 4.12. The van der Waals surface area contributed by atoms with Gasteiger partial charge in [-0.05, 0) is 37.3 Å². The van der Waals surface area contributed by atoms with Crippen LogP contribution in [0.4, 0.5) is 0 Å². The molecule has 3 aromatic heterocycles. The van der Waals surface area contributed by atoms with Crippen LogP contribution in [0.1, 0.15) is 23.4 Å². The number of carbonyl (C=O) groups is 1. The fraction of sp³-hybridized carbons (Fsp3) is 0.286. The molecule has 0 saturated heterocycles. The van der Waals surface area contributed by atoms with Crippen LogP contribution in [0.25, 0.3) is 20.2 Å². The van der Waals surface area contributed by atoms with Crippen molar-refractivity contribution in [1.82, 2.24) is 15.1 Å². The number of nitrogens with one attached hydrogen (secondary N) is 1. The molecule has 5 nitrogen and oxygen atoms in total. The SMILES string of the molecule is Cc1nn(CCCC(=O)NCCc2cccs2)c(=O)c2c1sc1ccccc12. The van der Waals surface area contributed by atoms with Crippen molar-refractivity contribution in [3.05, 3.63) is 62.7 Å². The van der Waals surface area contributed by atoms with Gasteiger partial charge < -0.3 is 5.32 Å². The summed E-state index contributed by atoms with van der Waals surface area (Å²) in [6, 6.07) is 12.0. The monoisotopic (exact) mass is 411 g/mol. The summed E-state index contributed by atoms with van der Waals surface area (Å²) in [4.78, 5) is 26.3. The minimum atomic E-state index is -0.0730. The van der Waals surface area contributed by atoms with Gasteiger partial charge in [0, 0.05) is 34.5 Å². The van der Waals surface area contributed by atoms with Crippen molar-refractivity contribution in [2.75, 3.05) is 6.54 Å². The van der Waals surface area contributed by atoms with Crippen molar-refractivity contribution < 1.29 is 4.79 Å². The highest BCUT2D eigenvalue weighted by Gasteiger charge is 2.14. The standard InChI is InChI=1S/C21H21N3O2S2/c1-14-20-19(16-7-2-3-8-17(16)28-20)21(26)24(23-14)12-4-9-18(25)22-11-10-15-6-5-13-27-15/h2-3,5-8,13H,4,9-12H2,1H3,(H,22,25). The summed E-state index contributed by atoms with van der Waals surface area (Å²) >= 11 is 3.31. The van der Waals surface area contributed by atoms with Crippen LogP contribution in [0.5, 0.6) is 0 Å². The molecule has 144 valence electrons. The van der Waals surface area contributed by atoms with E-state index in [1.165, 1.54) is 9.56 Å². The van der Waals surface area contributed by atoms with Crippen molar-refractivity contribution in [3.8, 4) is 0 Å². The molecule has 4 rings (SSSR count). The highest BCUT2D eigenvalue weighted by Crippen LogP contribution is 2.32. The minimum Gasteiger partial charge on any atom is -0.356 e. The molecule has 0 atom stereocenters. The largest absolute Gasteiger partial charge is 0.356 e. The Morgan fingerprint density at radius 2 is 2.07 bits per heavy atom. The maximum atomic E-state index is 12.9. The normalized spacial score (nSPS) is 11.3. The lowest BCUT2D eigenvalue weighted by Gasteiger charge is -2.07. The number of carbonyl (C=O) groups excluding carboxylic acids is 1. The maximum absolute atomic E-state index is 12.9. The van der Waals surface area contributed by atoms with Gasteiger partial charge >= 0.3 is 0 Å². The molecule has 0 unspecified atom stereocenters. The molecule has 4 aromatic rings. The highest BCUT2D eigenvalue weighted by atomic mass is 32.1. The zero-order valence-corrected chi connectivity index (χ0v) is 17.2. The molecule has 0 aliphatic carbocycles. The number of rotatable bonds is 7. The van der Waals surface area contributed by atoms with Crippen LogP contribution < -0.4 is 10.9 Å². The molecule has 0 spiro atoms. The molecule has 0 saturated carbocycles. The second kappa shape index (κ2) is 8.24. The quantitative estimate of drug-likeness (QED) is 0.498. The first-order valence-corrected chi connectivity index (χ1v) is 11.0. The third-order valence-corrected chi connectivity index (χ3v) is 6.91. The first-order valence-electron chi connectivity index (χ1n) is 9.31. The van der Waals surface area contributed by atoms with E-state index in [2.05, 4.69) is 16.5 Å². The van der Waals surface area contributed by atoms with Crippen molar-refractivity contribution >= 4 is 48.8 Å². The molecule has 1 N–H and O–H groups in total. The van der Waals surface area contributed by atoms with Gasteiger partial charge in [0.2, 0.25) is 5.91 Å². The van der Waals surface area contributed by atoms with E-state index >= 15 is 0 Å². The average molecular weight is 412 g/mol. The molecule has 0 aliphatic rings. The summed E-state index contributed by atoms with van der Waals surface area (Å²) in [5.41, 5.74) is 0.785. The number of benzene rings is 1. The van der Waals surface area contributed by atoms with Crippen LogP contribution in [0.15, 0.2) is 46.6 Å². The number of aromatic nitrogens is 2. The van der Waals surface area contributed by atoms with Crippen LogP contribution in [-0.4, -0.2) is 22.2 Å². The zero-order chi connectivity index (χ0) is 19.5. The third-order valence-electron chi connectivity index (χ3n) is 4.69. The Morgan fingerprint density at radius 3 is 2.89 bits per heavy atom. The first kappa shape index (κ1) is 18.8. The number of fused-ring (bicyclic) bond motifs is 3.